The summed E-state index contributed by atoms with van der Waals surface area (Å²) < 4.78 is 0. The summed E-state index contributed by atoms with van der Waals surface area (Å²) >= 11 is 0. The van der Waals surface area contributed by atoms with Gasteiger partial charge in [-0.25, -0.2) is 0 Å². The zero-order valence-electron chi connectivity index (χ0n) is 8.76. The molecule has 0 unspecified atom stereocenters. The molecule has 1 heterocycles. The Hall–Kier alpha value is -0.0800. The minimum absolute atomic E-state index is 0.498. The maximum absolute atomic E-state index is 5.95. The SMILES string of the molecule is CN1CCCC2(CCC(N)CC2)C1. The minimum Gasteiger partial charge on any atom is -0.328 e. The molecule has 1 aliphatic heterocycles. The first-order valence-corrected chi connectivity index (χ1v) is 5.64. The van der Waals surface area contributed by atoms with Crippen molar-refractivity contribution in [2.45, 2.75) is 44.6 Å². The van der Waals surface area contributed by atoms with E-state index in [4.69, 9.17) is 5.73 Å². The summed E-state index contributed by atoms with van der Waals surface area (Å²) in [6.45, 7) is 2.62. The number of likely N-dealkylation sites (tertiary alicyclic amines) is 1. The first-order chi connectivity index (χ1) is 6.20. The quantitative estimate of drug-likeness (QED) is 0.616. The molecule has 76 valence electrons. The van der Waals surface area contributed by atoms with E-state index in [0.29, 0.717) is 11.5 Å². The zero-order valence-corrected chi connectivity index (χ0v) is 8.76. The van der Waals surface area contributed by atoms with E-state index in [2.05, 4.69) is 11.9 Å². The summed E-state index contributed by atoms with van der Waals surface area (Å²) in [6.07, 6.45) is 8.11. The van der Waals surface area contributed by atoms with Crippen LogP contribution in [-0.4, -0.2) is 31.1 Å². The molecule has 0 aromatic rings. The van der Waals surface area contributed by atoms with Gasteiger partial charge in [-0.3, -0.25) is 0 Å². The van der Waals surface area contributed by atoms with Crippen LogP contribution < -0.4 is 5.73 Å². The van der Waals surface area contributed by atoms with E-state index in [9.17, 15) is 0 Å². The van der Waals surface area contributed by atoms with Crippen molar-refractivity contribution in [3.05, 3.63) is 0 Å². The molecule has 0 atom stereocenters. The van der Waals surface area contributed by atoms with E-state index in [-0.39, 0.29) is 0 Å². The summed E-state index contributed by atoms with van der Waals surface area (Å²) in [5, 5.41) is 0. The normalized spacial score (nSPS) is 42.5. The van der Waals surface area contributed by atoms with Gasteiger partial charge >= 0.3 is 0 Å². The van der Waals surface area contributed by atoms with E-state index < -0.39 is 0 Å². The van der Waals surface area contributed by atoms with Crippen molar-refractivity contribution in [2.75, 3.05) is 20.1 Å². The van der Waals surface area contributed by atoms with Crippen LogP contribution in [0.1, 0.15) is 38.5 Å². The topological polar surface area (TPSA) is 29.3 Å². The molecule has 2 fully saturated rings. The predicted octanol–water partition coefficient (Wildman–Crippen LogP) is 1.60. The van der Waals surface area contributed by atoms with Crippen molar-refractivity contribution < 1.29 is 0 Å². The van der Waals surface area contributed by atoms with Gasteiger partial charge in [-0.1, -0.05) is 0 Å². The molecule has 0 amide bonds. The molecular weight excluding hydrogens is 160 g/mol. The van der Waals surface area contributed by atoms with Gasteiger partial charge in [0.15, 0.2) is 0 Å². The number of nitrogens with two attached hydrogens (primary N) is 1. The number of hydrogen-bond acceptors (Lipinski definition) is 2. The first kappa shape index (κ1) is 9.47. The third kappa shape index (κ3) is 2.05. The number of rotatable bonds is 0. The minimum atomic E-state index is 0.498. The maximum atomic E-state index is 5.95. The highest BCUT2D eigenvalue weighted by Crippen LogP contribution is 2.42. The molecule has 1 saturated heterocycles. The molecule has 2 aliphatic rings. The monoisotopic (exact) mass is 182 g/mol. The van der Waals surface area contributed by atoms with Gasteiger partial charge in [0.25, 0.3) is 0 Å². The van der Waals surface area contributed by atoms with Gasteiger partial charge in [-0.2, -0.15) is 0 Å². The Morgan fingerprint density at radius 1 is 1.23 bits per heavy atom. The average molecular weight is 182 g/mol. The largest absolute Gasteiger partial charge is 0.328 e. The van der Waals surface area contributed by atoms with Gasteiger partial charge in [-0.05, 0) is 57.5 Å². The van der Waals surface area contributed by atoms with Gasteiger partial charge < -0.3 is 10.6 Å². The molecule has 2 N–H and O–H groups in total. The van der Waals surface area contributed by atoms with Gasteiger partial charge in [0.1, 0.15) is 0 Å². The molecule has 0 radical (unpaired) electrons. The fourth-order valence-electron chi connectivity index (χ4n) is 3.12. The molecule has 13 heavy (non-hydrogen) atoms. The lowest BCUT2D eigenvalue weighted by atomic mass is 9.68. The van der Waals surface area contributed by atoms with E-state index in [1.807, 2.05) is 0 Å². The molecule has 1 aliphatic carbocycles. The molecule has 0 bridgehead atoms. The fourth-order valence-corrected chi connectivity index (χ4v) is 3.12. The van der Waals surface area contributed by atoms with Crippen molar-refractivity contribution in [1.82, 2.24) is 4.90 Å². The highest BCUT2D eigenvalue weighted by Gasteiger charge is 2.36. The number of piperidine rings is 1. The van der Waals surface area contributed by atoms with Crippen LogP contribution in [0.25, 0.3) is 0 Å². The van der Waals surface area contributed by atoms with Crippen molar-refractivity contribution >= 4 is 0 Å². The summed E-state index contributed by atoms with van der Waals surface area (Å²) in [4.78, 5) is 2.50. The molecule has 0 aromatic heterocycles. The van der Waals surface area contributed by atoms with Crippen LogP contribution in [0.2, 0.25) is 0 Å². The molecule has 2 rings (SSSR count). The van der Waals surface area contributed by atoms with Crippen molar-refractivity contribution in [3.8, 4) is 0 Å². The lowest BCUT2D eigenvalue weighted by molar-refractivity contribution is 0.0636. The summed E-state index contributed by atoms with van der Waals surface area (Å²) in [5.74, 6) is 0. The second-order valence-electron chi connectivity index (χ2n) is 5.18. The van der Waals surface area contributed by atoms with E-state index in [1.54, 1.807) is 0 Å². The highest BCUT2D eigenvalue weighted by molar-refractivity contribution is 4.91. The van der Waals surface area contributed by atoms with Gasteiger partial charge in [0.05, 0.1) is 0 Å². The zero-order chi connectivity index (χ0) is 9.31. The molecular formula is C11H22N2. The smallest absolute Gasteiger partial charge is 0.00392 e. The van der Waals surface area contributed by atoms with Crippen LogP contribution in [0.4, 0.5) is 0 Å². The molecule has 0 aromatic carbocycles. The van der Waals surface area contributed by atoms with Crippen molar-refractivity contribution in [1.29, 1.82) is 0 Å². The molecule has 2 heteroatoms. The summed E-state index contributed by atoms with van der Waals surface area (Å²) in [5.41, 5.74) is 6.60. The lowest BCUT2D eigenvalue weighted by Crippen LogP contribution is -2.45. The Morgan fingerprint density at radius 3 is 2.54 bits per heavy atom. The summed E-state index contributed by atoms with van der Waals surface area (Å²) in [6, 6.07) is 0.498. The Bertz CT molecular complexity index is 171. The first-order valence-electron chi connectivity index (χ1n) is 5.64. The van der Waals surface area contributed by atoms with Crippen LogP contribution in [0.15, 0.2) is 0 Å². The average Bonchev–Trinajstić information content (AvgIpc) is 2.11. The second kappa shape index (κ2) is 3.58. The maximum Gasteiger partial charge on any atom is 0.00392 e. The molecule has 1 spiro atoms. The third-order valence-corrected chi connectivity index (χ3v) is 3.94. The van der Waals surface area contributed by atoms with Gasteiger partial charge in [0, 0.05) is 12.6 Å². The van der Waals surface area contributed by atoms with E-state index in [0.717, 1.165) is 0 Å². The molecule has 1 saturated carbocycles. The molecule has 2 nitrogen and oxygen atoms in total. The van der Waals surface area contributed by atoms with Crippen molar-refractivity contribution in [2.24, 2.45) is 11.1 Å². The van der Waals surface area contributed by atoms with Crippen LogP contribution >= 0.6 is 0 Å². The van der Waals surface area contributed by atoms with E-state index in [1.165, 1.54) is 51.6 Å². The number of hydrogen-bond donors (Lipinski definition) is 1. The predicted molar refractivity (Wildman–Crippen MR) is 55.6 cm³/mol. The Morgan fingerprint density at radius 2 is 1.92 bits per heavy atom. The van der Waals surface area contributed by atoms with E-state index >= 15 is 0 Å². The van der Waals surface area contributed by atoms with Crippen LogP contribution in [0.5, 0.6) is 0 Å². The Balaban J connectivity index is 1.95. The summed E-state index contributed by atoms with van der Waals surface area (Å²) in [7, 11) is 2.26. The second-order valence-corrected chi connectivity index (χ2v) is 5.18. The van der Waals surface area contributed by atoms with Crippen LogP contribution in [0.3, 0.4) is 0 Å². The van der Waals surface area contributed by atoms with Crippen LogP contribution in [0, 0.1) is 5.41 Å². The standard InChI is InChI=1S/C11H22N2/c1-13-8-2-5-11(9-13)6-3-10(12)4-7-11/h10H,2-9,12H2,1H3. The highest BCUT2D eigenvalue weighted by atomic mass is 15.1. The van der Waals surface area contributed by atoms with Gasteiger partial charge in [-0.15, -0.1) is 0 Å². The Kier molecular flexibility index (Phi) is 2.61. The third-order valence-electron chi connectivity index (χ3n) is 3.94. The van der Waals surface area contributed by atoms with Gasteiger partial charge in [0.2, 0.25) is 0 Å². The lowest BCUT2D eigenvalue weighted by Gasteiger charge is -2.45. The number of nitrogens with zero attached hydrogens (tertiary/aromatic N) is 1. The fraction of sp³-hybridized carbons (Fsp3) is 1.00. The van der Waals surface area contributed by atoms with Crippen LogP contribution in [-0.2, 0) is 0 Å². The Labute approximate surface area is 81.5 Å². The van der Waals surface area contributed by atoms with Crippen molar-refractivity contribution in [3.63, 3.8) is 0 Å².